The molecule has 0 radical (unpaired) electrons. The number of benzene rings is 2. The van der Waals surface area contributed by atoms with Crippen LogP contribution in [0.5, 0.6) is 5.75 Å². The van der Waals surface area contributed by atoms with Crippen LogP contribution in [0.15, 0.2) is 60.8 Å². The van der Waals surface area contributed by atoms with Gasteiger partial charge in [0.25, 0.3) is 0 Å². The molecule has 182 valence electrons. The summed E-state index contributed by atoms with van der Waals surface area (Å²) in [6.45, 7) is 3.26. The van der Waals surface area contributed by atoms with E-state index in [9.17, 15) is 4.21 Å². The molecule has 0 aliphatic carbocycles. The highest BCUT2D eigenvalue weighted by Gasteiger charge is 2.17. The molecule has 1 aliphatic rings. The Kier molecular flexibility index (Phi) is 6.91. The van der Waals surface area contributed by atoms with E-state index in [1.54, 1.807) is 13.3 Å². The van der Waals surface area contributed by atoms with Crippen LogP contribution in [0.2, 0.25) is 0 Å². The van der Waals surface area contributed by atoms with Gasteiger partial charge >= 0.3 is 0 Å². The Hall–Kier alpha value is -3.51. The summed E-state index contributed by atoms with van der Waals surface area (Å²) in [5, 5.41) is 8.03. The maximum Gasteiger partial charge on any atom is 0.245 e. The van der Waals surface area contributed by atoms with Crippen molar-refractivity contribution in [3.8, 4) is 17.0 Å². The van der Waals surface area contributed by atoms with Crippen LogP contribution in [0.1, 0.15) is 5.56 Å². The highest BCUT2D eigenvalue weighted by atomic mass is 32.2. The standard InChI is InChI=1S/C24H26N6O4S/c1-33-23-8-5-19(14-22(23)29-9-11-34-12-10-29)27-24-25-16-20-6-7-21(30(20)28-24)18-4-2-3-17(13-18)15-26-35(31)32/h2-8,13-14,16,26H,9-12,15H2,1H3,(H,27,28)(H,31,32). The molecule has 2 aromatic heterocycles. The van der Waals surface area contributed by atoms with E-state index in [2.05, 4.69) is 19.9 Å². The molecular formula is C24H26N6O4S. The van der Waals surface area contributed by atoms with Gasteiger partial charge in [-0.05, 0) is 42.0 Å². The summed E-state index contributed by atoms with van der Waals surface area (Å²) in [6.07, 6.45) is 1.77. The number of aromatic nitrogens is 3. The fraction of sp³-hybridized carbons (Fsp3) is 0.250. The molecule has 11 heteroatoms. The fourth-order valence-electron chi connectivity index (χ4n) is 4.11. The number of anilines is 3. The first-order chi connectivity index (χ1) is 17.1. The number of hydrogen-bond donors (Lipinski definition) is 3. The summed E-state index contributed by atoms with van der Waals surface area (Å²) in [6, 6.07) is 17.6. The van der Waals surface area contributed by atoms with Gasteiger partial charge in [-0.25, -0.2) is 18.4 Å². The molecule has 1 saturated heterocycles. The fourth-order valence-corrected chi connectivity index (χ4v) is 4.40. The number of nitrogens with one attached hydrogen (secondary N) is 2. The van der Waals surface area contributed by atoms with Gasteiger partial charge in [-0.15, -0.1) is 5.10 Å². The smallest absolute Gasteiger partial charge is 0.245 e. The zero-order valence-electron chi connectivity index (χ0n) is 19.2. The monoisotopic (exact) mass is 494 g/mol. The lowest BCUT2D eigenvalue weighted by Gasteiger charge is -2.30. The van der Waals surface area contributed by atoms with E-state index in [1.807, 2.05) is 59.1 Å². The first-order valence-corrected chi connectivity index (χ1v) is 12.3. The minimum Gasteiger partial charge on any atom is -0.495 e. The summed E-state index contributed by atoms with van der Waals surface area (Å²) < 4.78 is 35.4. The quantitative estimate of drug-likeness (QED) is 0.320. The van der Waals surface area contributed by atoms with Crippen LogP contribution >= 0.6 is 0 Å². The minimum absolute atomic E-state index is 0.283. The maximum absolute atomic E-state index is 11.0. The average Bonchev–Trinajstić information content (AvgIpc) is 3.31. The summed E-state index contributed by atoms with van der Waals surface area (Å²) in [4.78, 5) is 6.73. The van der Waals surface area contributed by atoms with Gasteiger partial charge in [0.1, 0.15) is 5.75 Å². The van der Waals surface area contributed by atoms with Gasteiger partial charge in [0.15, 0.2) is 0 Å². The van der Waals surface area contributed by atoms with Crippen molar-refractivity contribution in [2.24, 2.45) is 0 Å². The van der Waals surface area contributed by atoms with Gasteiger partial charge in [0.05, 0.1) is 43.4 Å². The molecule has 0 bridgehead atoms. The lowest BCUT2D eigenvalue weighted by molar-refractivity contribution is 0.122. The Morgan fingerprint density at radius 3 is 2.80 bits per heavy atom. The van der Waals surface area contributed by atoms with E-state index in [0.717, 1.165) is 52.6 Å². The van der Waals surface area contributed by atoms with Crippen molar-refractivity contribution in [1.29, 1.82) is 0 Å². The second-order valence-electron chi connectivity index (χ2n) is 8.02. The third-order valence-electron chi connectivity index (χ3n) is 5.81. The summed E-state index contributed by atoms with van der Waals surface area (Å²) >= 11 is -2.06. The lowest BCUT2D eigenvalue weighted by atomic mass is 10.1. The third kappa shape index (κ3) is 5.28. The number of fused-ring (bicyclic) bond motifs is 1. The Balaban J connectivity index is 1.42. The lowest BCUT2D eigenvalue weighted by Crippen LogP contribution is -2.36. The van der Waals surface area contributed by atoms with Gasteiger partial charge in [-0.2, -0.15) is 0 Å². The third-order valence-corrected chi connectivity index (χ3v) is 6.20. The van der Waals surface area contributed by atoms with E-state index in [4.69, 9.17) is 19.1 Å². The summed E-state index contributed by atoms with van der Waals surface area (Å²) in [5.41, 5.74) is 5.43. The van der Waals surface area contributed by atoms with Gasteiger partial charge in [0, 0.05) is 30.9 Å². The zero-order valence-corrected chi connectivity index (χ0v) is 20.0. The number of ether oxygens (including phenoxy) is 2. The van der Waals surface area contributed by atoms with Crippen molar-refractivity contribution in [1.82, 2.24) is 19.3 Å². The van der Waals surface area contributed by atoms with E-state index >= 15 is 0 Å². The van der Waals surface area contributed by atoms with Crippen LogP contribution in [0.3, 0.4) is 0 Å². The molecular weight excluding hydrogens is 468 g/mol. The van der Waals surface area contributed by atoms with Crippen molar-refractivity contribution < 1.29 is 18.2 Å². The summed E-state index contributed by atoms with van der Waals surface area (Å²) in [5.74, 6) is 1.27. The number of morpholine rings is 1. The maximum atomic E-state index is 11.0. The second kappa shape index (κ2) is 10.4. The molecule has 4 aromatic rings. The number of methoxy groups -OCH3 is 1. The Labute approximate surface area is 205 Å². The molecule has 3 heterocycles. The van der Waals surface area contributed by atoms with Gasteiger partial charge in [0.2, 0.25) is 17.2 Å². The normalized spacial score (nSPS) is 14.7. The second-order valence-corrected chi connectivity index (χ2v) is 8.81. The molecule has 1 fully saturated rings. The first-order valence-electron chi connectivity index (χ1n) is 11.2. The molecule has 35 heavy (non-hydrogen) atoms. The predicted octanol–water partition coefficient (Wildman–Crippen LogP) is 3.21. The van der Waals surface area contributed by atoms with Crippen molar-refractivity contribution >= 4 is 34.1 Å². The van der Waals surface area contributed by atoms with Crippen molar-refractivity contribution in [2.75, 3.05) is 43.6 Å². The van der Waals surface area contributed by atoms with Crippen molar-refractivity contribution in [2.45, 2.75) is 6.54 Å². The molecule has 1 aliphatic heterocycles. The van der Waals surface area contributed by atoms with Gasteiger partial charge in [-0.3, -0.25) is 4.55 Å². The Bertz CT molecular complexity index is 1360. The Morgan fingerprint density at radius 2 is 2.00 bits per heavy atom. The molecule has 5 rings (SSSR count). The van der Waals surface area contributed by atoms with E-state index in [-0.39, 0.29) is 6.54 Å². The van der Waals surface area contributed by atoms with Crippen LogP contribution in [-0.2, 0) is 22.5 Å². The molecule has 3 N–H and O–H groups in total. The number of nitrogens with zero attached hydrogens (tertiary/aromatic N) is 4. The van der Waals surface area contributed by atoms with Gasteiger partial charge in [-0.1, -0.05) is 18.2 Å². The van der Waals surface area contributed by atoms with Crippen LogP contribution in [0.25, 0.3) is 16.8 Å². The molecule has 1 atom stereocenters. The van der Waals surface area contributed by atoms with Crippen LogP contribution in [0.4, 0.5) is 17.3 Å². The SMILES string of the molecule is COc1ccc(Nc2ncc3ccc(-c4cccc(CNS(=O)O)c4)n3n2)cc1N1CCOCC1. The van der Waals surface area contributed by atoms with Crippen LogP contribution in [0, 0.1) is 0 Å². The molecule has 1 unspecified atom stereocenters. The molecule has 0 amide bonds. The van der Waals surface area contributed by atoms with Crippen molar-refractivity contribution in [3.05, 3.63) is 66.4 Å². The topological polar surface area (TPSA) is 113 Å². The molecule has 10 nitrogen and oxygen atoms in total. The number of rotatable bonds is 8. The highest BCUT2D eigenvalue weighted by molar-refractivity contribution is 7.77. The van der Waals surface area contributed by atoms with E-state index in [1.165, 1.54) is 0 Å². The van der Waals surface area contributed by atoms with Crippen LogP contribution in [-0.4, -0.2) is 56.8 Å². The molecule has 0 saturated carbocycles. The van der Waals surface area contributed by atoms with E-state index in [0.29, 0.717) is 19.2 Å². The van der Waals surface area contributed by atoms with Crippen molar-refractivity contribution in [3.63, 3.8) is 0 Å². The zero-order chi connectivity index (χ0) is 24.2. The highest BCUT2D eigenvalue weighted by Crippen LogP contribution is 2.33. The first kappa shape index (κ1) is 23.2. The number of hydrogen-bond acceptors (Lipinski definition) is 7. The molecule has 2 aromatic carbocycles. The molecule has 0 spiro atoms. The Morgan fingerprint density at radius 1 is 1.14 bits per heavy atom. The minimum atomic E-state index is -2.06. The van der Waals surface area contributed by atoms with E-state index < -0.39 is 11.3 Å². The predicted molar refractivity (Wildman–Crippen MR) is 135 cm³/mol. The largest absolute Gasteiger partial charge is 0.495 e. The van der Waals surface area contributed by atoms with Crippen LogP contribution < -0.4 is 19.7 Å². The summed E-state index contributed by atoms with van der Waals surface area (Å²) in [7, 11) is 1.67. The average molecular weight is 495 g/mol. The van der Waals surface area contributed by atoms with Gasteiger partial charge < -0.3 is 19.7 Å².